The maximum absolute atomic E-state index is 12.6. The van der Waals surface area contributed by atoms with Gasteiger partial charge in [-0.25, -0.2) is 4.79 Å². The number of benzene rings is 2. The molecule has 2 aromatic carbocycles. The van der Waals surface area contributed by atoms with Gasteiger partial charge in [0, 0.05) is 35.8 Å². The standard InChI is InChI=1S/C24H26N2O4S/c27-22(9-10-24(29)30)25-20-7-4-8-21(16-20)31-17-23(28)26-13-11-19(12-14-26)15-18-5-2-1-3-6-18/h1-10,16,19H,11-15,17H2,(H,25,27)(H,29,30)/b10-9+. The van der Waals surface area contributed by atoms with Crippen LogP contribution in [-0.2, 0) is 20.8 Å². The largest absolute Gasteiger partial charge is 0.478 e. The molecule has 6 nitrogen and oxygen atoms in total. The van der Waals surface area contributed by atoms with Crippen molar-refractivity contribution >= 4 is 35.2 Å². The third-order valence-electron chi connectivity index (χ3n) is 5.18. The van der Waals surface area contributed by atoms with E-state index >= 15 is 0 Å². The van der Waals surface area contributed by atoms with Gasteiger partial charge >= 0.3 is 5.97 Å². The van der Waals surface area contributed by atoms with E-state index in [4.69, 9.17) is 5.11 Å². The summed E-state index contributed by atoms with van der Waals surface area (Å²) in [5.74, 6) is -0.600. The number of carbonyl (C=O) groups is 3. The highest BCUT2D eigenvalue weighted by atomic mass is 32.2. The molecule has 0 unspecified atom stereocenters. The zero-order valence-electron chi connectivity index (χ0n) is 17.2. The maximum Gasteiger partial charge on any atom is 0.328 e. The van der Waals surface area contributed by atoms with Crippen molar-refractivity contribution in [1.82, 2.24) is 4.90 Å². The van der Waals surface area contributed by atoms with E-state index in [-0.39, 0.29) is 5.91 Å². The zero-order chi connectivity index (χ0) is 22.1. The molecule has 0 saturated carbocycles. The number of carbonyl (C=O) groups excluding carboxylic acids is 2. The third kappa shape index (κ3) is 7.61. The van der Waals surface area contributed by atoms with E-state index in [0.717, 1.165) is 49.4 Å². The van der Waals surface area contributed by atoms with E-state index < -0.39 is 11.9 Å². The van der Waals surface area contributed by atoms with Crippen molar-refractivity contribution in [2.45, 2.75) is 24.2 Å². The Balaban J connectivity index is 1.43. The van der Waals surface area contributed by atoms with Crippen LogP contribution in [0.15, 0.2) is 71.6 Å². The summed E-state index contributed by atoms with van der Waals surface area (Å²) < 4.78 is 0. The first-order valence-electron chi connectivity index (χ1n) is 10.3. The highest BCUT2D eigenvalue weighted by molar-refractivity contribution is 8.00. The first-order valence-corrected chi connectivity index (χ1v) is 11.2. The molecule has 0 atom stereocenters. The highest BCUT2D eigenvalue weighted by Gasteiger charge is 2.22. The predicted molar refractivity (Wildman–Crippen MR) is 122 cm³/mol. The molecule has 1 fully saturated rings. The van der Waals surface area contributed by atoms with Gasteiger partial charge in [0.2, 0.25) is 11.8 Å². The molecule has 31 heavy (non-hydrogen) atoms. The Hall–Kier alpha value is -3.06. The number of likely N-dealkylation sites (tertiary alicyclic amines) is 1. The summed E-state index contributed by atoms with van der Waals surface area (Å²) in [6.45, 7) is 1.59. The molecule has 1 saturated heterocycles. The Morgan fingerprint density at radius 2 is 1.77 bits per heavy atom. The maximum atomic E-state index is 12.6. The Labute approximate surface area is 186 Å². The van der Waals surface area contributed by atoms with Gasteiger partial charge in [-0.2, -0.15) is 0 Å². The lowest BCUT2D eigenvalue weighted by molar-refractivity contribution is -0.132. The molecule has 0 radical (unpaired) electrons. The molecular formula is C24H26N2O4S. The fraction of sp³-hybridized carbons (Fsp3) is 0.292. The second kappa shape index (κ2) is 11.4. The SMILES string of the molecule is O=C(O)/C=C/C(=O)Nc1cccc(SCC(=O)N2CCC(Cc3ccccc3)CC2)c1. The van der Waals surface area contributed by atoms with Crippen LogP contribution in [0.4, 0.5) is 5.69 Å². The molecule has 1 heterocycles. The number of amides is 2. The summed E-state index contributed by atoms with van der Waals surface area (Å²) in [7, 11) is 0. The molecule has 0 aliphatic carbocycles. The minimum Gasteiger partial charge on any atom is -0.478 e. The first-order chi connectivity index (χ1) is 15.0. The van der Waals surface area contributed by atoms with Crippen LogP contribution in [0.1, 0.15) is 18.4 Å². The Morgan fingerprint density at radius 3 is 2.48 bits per heavy atom. The van der Waals surface area contributed by atoms with Crippen LogP contribution in [-0.4, -0.2) is 46.6 Å². The minimum atomic E-state index is -1.18. The van der Waals surface area contributed by atoms with Crippen LogP contribution in [0.25, 0.3) is 0 Å². The van der Waals surface area contributed by atoms with Crippen molar-refractivity contribution in [1.29, 1.82) is 0 Å². The van der Waals surface area contributed by atoms with Crippen LogP contribution in [0.2, 0.25) is 0 Å². The summed E-state index contributed by atoms with van der Waals surface area (Å²) >= 11 is 1.43. The molecule has 0 spiro atoms. The van der Waals surface area contributed by atoms with Crippen molar-refractivity contribution in [3.8, 4) is 0 Å². The fourth-order valence-electron chi connectivity index (χ4n) is 3.56. The van der Waals surface area contributed by atoms with Crippen LogP contribution in [0.5, 0.6) is 0 Å². The van der Waals surface area contributed by atoms with E-state index in [2.05, 4.69) is 29.6 Å². The smallest absolute Gasteiger partial charge is 0.328 e. The van der Waals surface area contributed by atoms with E-state index in [1.165, 1.54) is 17.3 Å². The third-order valence-corrected chi connectivity index (χ3v) is 6.15. The second-order valence-corrected chi connectivity index (χ2v) is 8.54. The number of rotatable bonds is 8. The molecule has 2 amide bonds. The van der Waals surface area contributed by atoms with Gasteiger partial charge in [0.1, 0.15) is 0 Å². The first kappa shape index (κ1) is 22.6. The molecule has 3 rings (SSSR count). The average Bonchev–Trinajstić information content (AvgIpc) is 2.77. The number of carboxylic acid groups (broad SMARTS) is 1. The molecule has 7 heteroatoms. The second-order valence-electron chi connectivity index (χ2n) is 7.49. The van der Waals surface area contributed by atoms with Crippen LogP contribution < -0.4 is 5.32 Å². The van der Waals surface area contributed by atoms with Gasteiger partial charge in [-0.05, 0) is 48.9 Å². The van der Waals surface area contributed by atoms with E-state index in [0.29, 0.717) is 17.4 Å². The Bertz CT molecular complexity index is 938. The van der Waals surface area contributed by atoms with Gasteiger partial charge < -0.3 is 15.3 Å². The van der Waals surface area contributed by atoms with Gasteiger partial charge in [0.05, 0.1) is 5.75 Å². The highest BCUT2D eigenvalue weighted by Crippen LogP contribution is 2.25. The Morgan fingerprint density at radius 1 is 1.03 bits per heavy atom. The quantitative estimate of drug-likeness (QED) is 0.483. The molecule has 2 aromatic rings. The molecule has 162 valence electrons. The molecule has 1 aliphatic heterocycles. The lowest BCUT2D eigenvalue weighted by Gasteiger charge is -2.32. The lowest BCUT2D eigenvalue weighted by atomic mass is 9.90. The number of nitrogens with zero attached hydrogens (tertiary/aromatic N) is 1. The van der Waals surface area contributed by atoms with Crippen molar-refractivity contribution in [2.24, 2.45) is 5.92 Å². The summed E-state index contributed by atoms with van der Waals surface area (Å²) in [6, 6.07) is 17.7. The number of hydrogen-bond donors (Lipinski definition) is 2. The van der Waals surface area contributed by atoms with Crippen molar-refractivity contribution in [3.63, 3.8) is 0 Å². The van der Waals surface area contributed by atoms with E-state index in [1.807, 2.05) is 17.0 Å². The number of hydrogen-bond acceptors (Lipinski definition) is 4. The van der Waals surface area contributed by atoms with Gasteiger partial charge in [-0.1, -0.05) is 36.4 Å². The zero-order valence-corrected chi connectivity index (χ0v) is 18.0. The number of carboxylic acids is 1. The van der Waals surface area contributed by atoms with Crippen molar-refractivity contribution in [2.75, 3.05) is 24.2 Å². The number of aliphatic carboxylic acids is 1. The molecule has 0 bridgehead atoms. The lowest BCUT2D eigenvalue weighted by Crippen LogP contribution is -2.39. The predicted octanol–water partition coefficient (Wildman–Crippen LogP) is 3.84. The number of nitrogens with one attached hydrogen (secondary N) is 1. The van der Waals surface area contributed by atoms with Gasteiger partial charge in [0.15, 0.2) is 0 Å². The normalized spacial score (nSPS) is 14.5. The Kier molecular flexibility index (Phi) is 8.29. The molecular weight excluding hydrogens is 412 g/mol. The van der Waals surface area contributed by atoms with Gasteiger partial charge in [0.25, 0.3) is 0 Å². The van der Waals surface area contributed by atoms with E-state index in [9.17, 15) is 14.4 Å². The fourth-order valence-corrected chi connectivity index (χ4v) is 4.42. The number of thioether (sulfide) groups is 1. The summed E-state index contributed by atoms with van der Waals surface area (Å²) in [6.07, 6.45) is 4.87. The number of anilines is 1. The average molecular weight is 439 g/mol. The van der Waals surface area contributed by atoms with Crippen LogP contribution >= 0.6 is 11.8 Å². The molecule has 2 N–H and O–H groups in total. The van der Waals surface area contributed by atoms with E-state index in [1.54, 1.807) is 18.2 Å². The number of piperidine rings is 1. The summed E-state index contributed by atoms with van der Waals surface area (Å²) in [4.78, 5) is 37.6. The van der Waals surface area contributed by atoms with Gasteiger partial charge in [-0.3, -0.25) is 9.59 Å². The van der Waals surface area contributed by atoms with Crippen LogP contribution in [0, 0.1) is 5.92 Å². The molecule has 1 aliphatic rings. The summed E-state index contributed by atoms with van der Waals surface area (Å²) in [5.41, 5.74) is 1.91. The minimum absolute atomic E-state index is 0.127. The van der Waals surface area contributed by atoms with Gasteiger partial charge in [-0.15, -0.1) is 11.8 Å². The summed E-state index contributed by atoms with van der Waals surface area (Å²) in [5, 5.41) is 11.2. The topological polar surface area (TPSA) is 86.7 Å². The van der Waals surface area contributed by atoms with Crippen LogP contribution in [0.3, 0.4) is 0 Å². The van der Waals surface area contributed by atoms with Crippen molar-refractivity contribution < 1.29 is 19.5 Å². The monoisotopic (exact) mass is 438 g/mol. The van der Waals surface area contributed by atoms with Crippen molar-refractivity contribution in [3.05, 3.63) is 72.3 Å². The molecule has 0 aromatic heterocycles.